The molecule has 0 radical (unpaired) electrons. The van der Waals surface area contributed by atoms with Gasteiger partial charge in [0, 0.05) is 11.5 Å². The predicted octanol–water partition coefficient (Wildman–Crippen LogP) is 4.30. The molecule has 0 N–H and O–H groups in total. The second-order valence-corrected chi connectivity index (χ2v) is 9.32. The van der Waals surface area contributed by atoms with Crippen LogP contribution in [0.1, 0.15) is 60.8 Å². The van der Waals surface area contributed by atoms with Crippen LogP contribution >= 0.6 is 10.6 Å². The zero-order valence-electron chi connectivity index (χ0n) is 12.6. The average molecular weight is 280 g/mol. The first kappa shape index (κ1) is 16.2. The van der Waals surface area contributed by atoms with E-state index in [1.807, 2.05) is 41.5 Å². The Labute approximate surface area is 113 Å². The van der Waals surface area contributed by atoms with Gasteiger partial charge in [0.25, 0.3) is 0 Å². The maximum atomic E-state index is 5.67. The lowest BCUT2D eigenvalue weighted by Crippen LogP contribution is -2.29. The lowest BCUT2D eigenvalue weighted by molar-refractivity contribution is -0.313. The van der Waals surface area contributed by atoms with Crippen molar-refractivity contribution >= 4 is 10.6 Å². The minimum Gasteiger partial charge on any atom is -0.210 e. The quantitative estimate of drug-likeness (QED) is 0.568. The highest BCUT2D eigenvalue weighted by molar-refractivity contribution is 8.25. The second kappa shape index (κ2) is 6.09. The highest BCUT2D eigenvalue weighted by atomic mass is 32.3. The van der Waals surface area contributed by atoms with Gasteiger partial charge in [-0.2, -0.15) is 0 Å². The summed E-state index contributed by atoms with van der Waals surface area (Å²) in [5.41, 5.74) is -0.662. The fraction of sp³-hybridized carbons (Fsp3) is 1.00. The Balaban J connectivity index is 2.57. The summed E-state index contributed by atoms with van der Waals surface area (Å²) in [6.45, 7) is 11.8. The van der Waals surface area contributed by atoms with Crippen LogP contribution in [0.3, 0.4) is 0 Å². The lowest BCUT2D eigenvalue weighted by atomic mass is 10.2. The monoisotopic (exact) mass is 280 g/mol. The van der Waals surface area contributed by atoms with Crippen LogP contribution in [-0.4, -0.2) is 22.7 Å². The molecule has 0 unspecified atom stereocenters. The predicted molar refractivity (Wildman–Crippen MR) is 75.0 cm³/mol. The molecule has 0 spiro atoms. The largest absolute Gasteiger partial charge is 0.210 e. The maximum absolute atomic E-state index is 5.67. The van der Waals surface area contributed by atoms with E-state index in [2.05, 4.69) is 0 Å². The van der Waals surface area contributed by atoms with Gasteiger partial charge in [-0.15, -0.1) is 19.3 Å². The van der Waals surface area contributed by atoms with Gasteiger partial charge in [-0.3, -0.25) is 0 Å². The molecule has 1 rings (SSSR count). The van der Waals surface area contributed by atoms with Gasteiger partial charge in [0.15, 0.2) is 0 Å². The van der Waals surface area contributed by atoms with Gasteiger partial charge in [-0.1, -0.05) is 6.42 Å². The standard InChI is InChI=1S/C13H28O4S/c1-12(2,3)14-16-18(10-8-7-9-11-18)17-15-13(4,5)6/h7-11H2,1-6H3. The minimum absolute atomic E-state index is 0.331. The third-order valence-corrected chi connectivity index (χ3v) is 4.68. The minimum atomic E-state index is -1.71. The summed E-state index contributed by atoms with van der Waals surface area (Å²) in [4.78, 5) is 10.9. The molecule has 5 heteroatoms. The SMILES string of the molecule is CC(C)(C)OOS1(OOC(C)(C)C)CCCCC1. The Kier molecular flexibility index (Phi) is 5.50. The molecule has 4 nitrogen and oxygen atoms in total. The fourth-order valence-corrected chi connectivity index (χ4v) is 3.84. The molecule has 110 valence electrons. The molecule has 0 aromatic heterocycles. The maximum Gasteiger partial charge on any atom is 0.0974 e. The summed E-state index contributed by atoms with van der Waals surface area (Å²) in [7, 11) is -1.71. The Hall–Kier alpha value is 0.190. The Morgan fingerprint density at radius 2 is 1.06 bits per heavy atom. The molecule has 0 aromatic carbocycles. The van der Waals surface area contributed by atoms with Crippen LogP contribution in [0.4, 0.5) is 0 Å². The topological polar surface area (TPSA) is 36.9 Å². The van der Waals surface area contributed by atoms with Crippen molar-refractivity contribution in [2.24, 2.45) is 0 Å². The third-order valence-electron chi connectivity index (χ3n) is 2.23. The molecule has 1 fully saturated rings. The van der Waals surface area contributed by atoms with E-state index in [4.69, 9.17) is 18.4 Å². The number of hydrogen-bond donors (Lipinski definition) is 0. The van der Waals surface area contributed by atoms with Crippen molar-refractivity contribution < 1.29 is 18.4 Å². The molecule has 1 aliphatic rings. The van der Waals surface area contributed by atoms with E-state index in [0.717, 1.165) is 24.3 Å². The van der Waals surface area contributed by atoms with Crippen molar-refractivity contribution in [3.8, 4) is 0 Å². The summed E-state index contributed by atoms with van der Waals surface area (Å²) in [5.74, 6) is 1.78. The Bertz CT molecular complexity index is 229. The van der Waals surface area contributed by atoms with Crippen molar-refractivity contribution in [2.45, 2.75) is 72.0 Å². The third kappa shape index (κ3) is 6.38. The van der Waals surface area contributed by atoms with Crippen LogP contribution in [0.2, 0.25) is 0 Å². The van der Waals surface area contributed by atoms with E-state index in [1.165, 1.54) is 6.42 Å². The van der Waals surface area contributed by atoms with Crippen LogP contribution < -0.4 is 0 Å². The van der Waals surface area contributed by atoms with Gasteiger partial charge in [0.05, 0.1) is 11.2 Å². The van der Waals surface area contributed by atoms with Crippen LogP contribution in [0.15, 0.2) is 0 Å². The highest BCUT2D eigenvalue weighted by Crippen LogP contribution is 2.55. The van der Waals surface area contributed by atoms with Gasteiger partial charge >= 0.3 is 0 Å². The average Bonchev–Trinajstić information content (AvgIpc) is 2.24. The summed E-state index contributed by atoms with van der Waals surface area (Å²) >= 11 is 0. The molecule has 1 saturated heterocycles. The molecule has 18 heavy (non-hydrogen) atoms. The summed E-state index contributed by atoms with van der Waals surface area (Å²) in [5, 5.41) is 0. The van der Waals surface area contributed by atoms with Gasteiger partial charge in [0.1, 0.15) is 0 Å². The molecule has 1 aliphatic heterocycles. The zero-order valence-corrected chi connectivity index (χ0v) is 13.4. The summed E-state index contributed by atoms with van der Waals surface area (Å²) < 4.78 is 11.3. The summed E-state index contributed by atoms with van der Waals surface area (Å²) in [6, 6.07) is 0. The van der Waals surface area contributed by atoms with E-state index in [0.29, 0.717) is 0 Å². The van der Waals surface area contributed by atoms with E-state index >= 15 is 0 Å². The smallest absolute Gasteiger partial charge is 0.0974 e. The first-order chi connectivity index (χ1) is 8.12. The molecule has 0 aliphatic carbocycles. The first-order valence-corrected chi connectivity index (χ1v) is 8.47. The fourth-order valence-electron chi connectivity index (χ4n) is 1.40. The van der Waals surface area contributed by atoms with Crippen LogP contribution in [0.5, 0.6) is 0 Å². The van der Waals surface area contributed by atoms with Crippen molar-refractivity contribution in [3.63, 3.8) is 0 Å². The van der Waals surface area contributed by atoms with E-state index in [-0.39, 0.29) is 11.2 Å². The molecular weight excluding hydrogens is 252 g/mol. The van der Waals surface area contributed by atoms with Gasteiger partial charge in [-0.05, 0) is 54.4 Å². The van der Waals surface area contributed by atoms with Gasteiger partial charge in [-0.25, -0.2) is 9.78 Å². The van der Waals surface area contributed by atoms with Crippen LogP contribution in [0.25, 0.3) is 0 Å². The second-order valence-electron chi connectivity index (χ2n) is 6.74. The van der Waals surface area contributed by atoms with E-state index in [9.17, 15) is 0 Å². The summed E-state index contributed by atoms with van der Waals surface area (Å²) in [6.07, 6.45) is 3.44. The Morgan fingerprint density at radius 1 is 0.667 bits per heavy atom. The number of hydrogen-bond acceptors (Lipinski definition) is 4. The van der Waals surface area contributed by atoms with Gasteiger partial charge < -0.3 is 0 Å². The molecule has 1 heterocycles. The van der Waals surface area contributed by atoms with Gasteiger partial charge in [0.2, 0.25) is 0 Å². The molecular formula is C13H28O4S. The zero-order chi connectivity index (χ0) is 13.9. The van der Waals surface area contributed by atoms with Crippen molar-refractivity contribution in [2.75, 3.05) is 11.5 Å². The Morgan fingerprint density at radius 3 is 1.39 bits per heavy atom. The highest BCUT2D eigenvalue weighted by Gasteiger charge is 2.31. The van der Waals surface area contributed by atoms with Crippen molar-refractivity contribution in [1.29, 1.82) is 0 Å². The molecule has 0 bridgehead atoms. The lowest BCUT2D eigenvalue weighted by Gasteiger charge is -2.44. The van der Waals surface area contributed by atoms with E-state index < -0.39 is 10.6 Å². The van der Waals surface area contributed by atoms with Crippen molar-refractivity contribution in [3.05, 3.63) is 0 Å². The number of rotatable bonds is 4. The van der Waals surface area contributed by atoms with Crippen LogP contribution in [0, 0.1) is 0 Å². The molecule has 0 saturated carbocycles. The molecule has 0 aromatic rings. The van der Waals surface area contributed by atoms with Crippen molar-refractivity contribution in [1.82, 2.24) is 0 Å². The molecule has 0 amide bonds. The van der Waals surface area contributed by atoms with E-state index in [1.54, 1.807) is 0 Å². The normalized spacial score (nSPS) is 22.8. The molecule has 0 atom stereocenters. The van der Waals surface area contributed by atoms with Crippen LogP contribution in [-0.2, 0) is 18.4 Å². The first-order valence-electron chi connectivity index (χ1n) is 6.65.